The predicted octanol–water partition coefficient (Wildman–Crippen LogP) is 4.08. The third kappa shape index (κ3) is 6.21. The average Bonchev–Trinajstić information content (AvgIpc) is 1.97. The second-order valence-corrected chi connectivity index (χ2v) is 7.96. The summed E-state index contributed by atoms with van der Waals surface area (Å²) in [5.74, 6) is 0.232. The van der Waals surface area contributed by atoms with E-state index in [1.807, 2.05) is 41.5 Å². The summed E-state index contributed by atoms with van der Waals surface area (Å²) in [5.41, 5.74) is -0.559. The highest BCUT2D eigenvalue weighted by Gasteiger charge is 2.38. The van der Waals surface area contributed by atoms with Crippen LogP contribution >= 0.6 is 0 Å². The fourth-order valence-electron chi connectivity index (χ4n) is 1.57. The van der Waals surface area contributed by atoms with Gasteiger partial charge in [-0.25, -0.2) is 0 Å². The van der Waals surface area contributed by atoms with E-state index in [4.69, 9.17) is 4.74 Å². The maximum absolute atomic E-state index is 12.4. The molecule has 2 heteroatoms. The van der Waals surface area contributed by atoms with Crippen LogP contribution in [0.25, 0.3) is 0 Å². The summed E-state index contributed by atoms with van der Waals surface area (Å²) < 4.78 is 5.81. The van der Waals surface area contributed by atoms with Gasteiger partial charge in [-0.05, 0) is 26.2 Å². The summed E-state index contributed by atoms with van der Waals surface area (Å²) in [4.78, 5) is 12.4. The molecule has 0 saturated carbocycles. The lowest BCUT2D eigenvalue weighted by molar-refractivity contribution is -0.139. The van der Waals surface area contributed by atoms with Crippen molar-refractivity contribution in [3.05, 3.63) is 0 Å². The summed E-state index contributed by atoms with van der Waals surface area (Å²) in [5, 5.41) is 0. The van der Waals surface area contributed by atoms with Gasteiger partial charge in [0.05, 0.1) is 12.2 Å². The van der Waals surface area contributed by atoms with Gasteiger partial charge in [0, 0.05) is 11.3 Å². The number of carbonyl (C=O) groups is 1. The Bertz CT molecular complexity index is 258. The van der Waals surface area contributed by atoms with Gasteiger partial charge < -0.3 is 4.74 Å². The van der Waals surface area contributed by atoms with Gasteiger partial charge in [-0.2, -0.15) is 0 Å². The van der Waals surface area contributed by atoms with Crippen molar-refractivity contribution < 1.29 is 9.53 Å². The first-order valence-corrected chi connectivity index (χ1v) is 6.43. The largest absolute Gasteiger partial charge is 0.375 e. The molecule has 0 aliphatic heterocycles. The van der Waals surface area contributed by atoms with Gasteiger partial charge >= 0.3 is 0 Å². The lowest BCUT2D eigenvalue weighted by atomic mass is 9.71. The molecular weight excluding hydrogens is 212 g/mol. The molecule has 102 valence electrons. The van der Waals surface area contributed by atoms with Gasteiger partial charge in [-0.3, -0.25) is 4.79 Å². The predicted molar refractivity (Wildman–Crippen MR) is 73.1 cm³/mol. The Morgan fingerprint density at radius 2 is 1.35 bits per heavy atom. The quantitative estimate of drug-likeness (QED) is 0.745. The van der Waals surface area contributed by atoms with Crippen molar-refractivity contribution in [1.29, 1.82) is 0 Å². The average molecular weight is 242 g/mol. The van der Waals surface area contributed by atoms with E-state index in [-0.39, 0.29) is 28.1 Å². The second-order valence-electron chi connectivity index (χ2n) is 7.96. The number of hydrogen-bond acceptors (Lipinski definition) is 2. The van der Waals surface area contributed by atoms with Gasteiger partial charge in [0.15, 0.2) is 0 Å². The Morgan fingerprint density at radius 1 is 0.941 bits per heavy atom. The van der Waals surface area contributed by atoms with E-state index in [9.17, 15) is 4.79 Å². The molecule has 0 aromatic heterocycles. The van der Waals surface area contributed by atoms with Crippen molar-refractivity contribution in [2.45, 2.75) is 67.9 Å². The lowest BCUT2D eigenvalue weighted by Crippen LogP contribution is -2.41. The molecule has 17 heavy (non-hydrogen) atoms. The Kier molecular flexibility index (Phi) is 4.98. The summed E-state index contributed by atoms with van der Waals surface area (Å²) in [6.07, 6.45) is 0. The molecule has 0 unspecified atom stereocenters. The molecule has 0 radical (unpaired) electrons. The van der Waals surface area contributed by atoms with Crippen molar-refractivity contribution in [1.82, 2.24) is 0 Å². The number of ether oxygens (including phenoxy) is 1. The molecule has 0 N–H and O–H groups in total. The summed E-state index contributed by atoms with van der Waals surface area (Å²) in [6.45, 7) is 18.8. The van der Waals surface area contributed by atoms with Crippen molar-refractivity contribution in [3.63, 3.8) is 0 Å². The molecule has 0 aliphatic carbocycles. The van der Waals surface area contributed by atoms with E-state index in [1.165, 1.54) is 0 Å². The summed E-state index contributed by atoms with van der Waals surface area (Å²) in [6, 6.07) is 0. The molecular formula is C15H30O2. The lowest BCUT2D eigenvalue weighted by Gasteiger charge is -2.35. The highest BCUT2D eigenvalue weighted by molar-refractivity contribution is 5.86. The van der Waals surface area contributed by atoms with Crippen LogP contribution in [-0.4, -0.2) is 18.0 Å². The van der Waals surface area contributed by atoms with Gasteiger partial charge in [-0.1, -0.05) is 41.5 Å². The second kappa shape index (κ2) is 5.09. The minimum Gasteiger partial charge on any atom is -0.375 e. The van der Waals surface area contributed by atoms with E-state index in [1.54, 1.807) is 0 Å². The molecule has 0 saturated heterocycles. The van der Waals surface area contributed by atoms with E-state index >= 15 is 0 Å². The normalized spacial score (nSPS) is 15.8. The molecule has 0 amide bonds. The maximum atomic E-state index is 12.4. The van der Waals surface area contributed by atoms with Crippen molar-refractivity contribution in [2.24, 2.45) is 16.7 Å². The minimum atomic E-state index is -0.306. The number of rotatable bonds is 3. The van der Waals surface area contributed by atoms with Crippen LogP contribution in [0.4, 0.5) is 0 Å². The van der Waals surface area contributed by atoms with Crippen molar-refractivity contribution >= 4 is 5.78 Å². The molecule has 0 rings (SSSR count). The highest BCUT2D eigenvalue weighted by atomic mass is 16.5. The number of ketones is 1. The molecule has 0 fully saturated rings. The van der Waals surface area contributed by atoms with Crippen LogP contribution in [0.1, 0.15) is 62.3 Å². The molecule has 0 spiro atoms. The topological polar surface area (TPSA) is 26.3 Å². The van der Waals surface area contributed by atoms with Crippen LogP contribution in [0.5, 0.6) is 0 Å². The van der Waals surface area contributed by atoms with E-state index in [0.717, 1.165) is 0 Å². The molecule has 0 bridgehead atoms. The van der Waals surface area contributed by atoms with E-state index < -0.39 is 0 Å². The molecule has 2 nitrogen and oxygen atoms in total. The van der Waals surface area contributed by atoms with E-state index in [2.05, 4.69) is 20.8 Å². The zero-order valence-corrected chi connectivity index (χ0v) is 13.1. The number of Topliss-reactive ketones (excluding diaryl/α,β-unsaturated/α-hetero) is 1. The van der Waals surface area contributed by atoms with Gasteiger partial charge in [0.2, 0.25) is 0 Å². The monoisotopic (exact) mass is 242 g/mol. The van der Waals surface area contributed by atoms with E-state index in [0.29, 0.717) is 6.61 Å². The third-order valence-electron chi connectivity index (χ3n) is 2.78. The van der Waals surface area contributed by atoms with Crippen LogP contribution in [0.3, 0.4) is 0 Å². The smallest absolute Gasteiger partial charge is 0.144 e. The fourth-order valence-corrected chi connectivity index (χ4v) is 1.57. The van der Waals surface area contributed by atoms with Crippen LogP contribution in [0.2, 0.25) is 0 Å². The van der Waals surface area contributed by atoms with Crippen LogP contribution in [0.15, 0.2) is 0 Å². The first-order valence-electron chi connectivity index (χ1n) is 6.43. The molecule has 0 heterocycles. The van der Waals surface area contributed by atoms with Gasteiger partial charge in [-0.15, -0.1) is 0 Å². The minimum absolute atomic E-state index is 0.0540. The van der Waals surface area contributed by atoms with Gasteiger partial charge in [0.1, 0.15) is 5.78 Å². The summed E-state index contributed by atoms with van der Waals surface area (Å²) >= 11 is 0. The van der Waals surface area contributed by atoms with Crippen molar-refractivity contribution in [2.75, 3.05) is 6.61 Å². The standard InChI is InChI=1S/C15H30O2/c1-13(2,3)11(10-17-15(7,8)9)12(16)14(4,5)6/h11H,10H2,1-9H3/t11-/m1/s1. The first-order chi connectivity index (χ1) is 7.25. The zero-order chi connectivity index (χ0) is 14.1. The Balaban J connectivity index is 4.87. The van der Waals surface area contributed by atoms with Crippen LogP contribution in [-0.2, 0) is 9.53 Å². The van der Waals surface area contributed by atoms with Crippen LogP contribution in [0, 0.1) is 16.7 Å². The Labute approximate surface area is 107 Å². The molecule has 0 aromatic rings. The molecule has 0 aliphatic rings. The van der Waals surface area contributed by atoms with Gasteiger partial charge in [0.25, 0.3) is 0 Å². The fraction of sp³-hybridized carbons (Fsp3) is 0.933. The Hall–Kier alpha value is -0.370. The molecule has 0 aromatic carbocycles. The number of hydrogen-bond donors (Lipinski definition) is 0. The SMILES string of the molecule is CC(C)(C)OC[C@H](C(=O)C(C)(C)C)C(C)(C)C. The maximum Gasteiger partial charge on any atom is 0.144 e. The third-order valence-corrected chi connectivity index (χ3v) is 2.78. The van der Waals surface area contributed by atoms with Crippen molar-refractivity contribution in [3.8, 4) is 0 Å². The summed E-state index contributed by atoms with van der Waals surface area (Å²) in [7, 11) is 0. The Morgan fingerprint density at radius 3 is 1.59 bits per heavy atom. The number of carbonyl (C=O) groups excluding carboxylic acids is 1. The van der Waals surface area contributed by atoms with Crippen LogP contribution < -0.4 is 0 Å². The molecule has 1 atom stereocenters. The zero-order valence-electron chi connectivity index (χ0n) is 13.1. The first kappa shape index (κ1) is 16.6. The highest BCUT2D eigenvalue weighted by Crippen LogP contribution is 2.34.